The van der Waals surface area contributed by atoms with Crippen molar-refractivity contribution in [1.82, 2.24) is 0 Å². The van der Waals surface area contributed by atoms with Crippen LogP contribution in [0.1, 0.15) is 134 Å². The van der Waals surface area contributed by atoms with Crippen LogP contribution in [0, 0.1) is 35.1 Å². The Kier molecular flexibility index (Phi) is 15.3. The molecule has 0 aliphatic heterocycles. The standard InChI is InChI=1S/C24H30F2O.C23H28F2O/c1-3-5-17-6-8-18(9-7-17)19-10-12-20(13-11-19)21-14-15-22(27-16-4-2)24(26)23(21)25;1-3-5-16-6-8-17(9-7-16)18-10-12-19(13-11-18)20-14-15-21(26-4-2)23(25)22(20)24/h10-15,17-18H,3-9,16H2,1-2H3;10-17H,3-9H2,1-2H3. The number of ether oxygens (including phenoxy) is 2. The highest BCUT2D eigenvalue weighted by Gasteiger charge is 2.24. The van der Waals surface area contributed by atoms with Gasteiger partial charge in [0.15, 0.2) is 23.1 Å². The summed E-state index contributed by atoms with van der Waals surface area (Å²) in [6.45, 7) is 8.89. The average molecular weight is 731 g/mol. The topological polar surface area (TPSA) is 18.5 Å². The molecule has 2 aliphatic carbocycles. The number of hydrogen-bond donors (Lipinski definition) is 0. The van der Waals surface area contributed by atoms with E-state index in [-0.39, 0.29) is 22.6 Å². The zero-order valence-corrected chi connectivity index (χ0v) is 32.2. The minimum Gasteiger partial charge on any atom is -0.491 e. The van der Waals surface area contributed by atoms with Crippen LogP contribution in [0.4, 0.5) is 17.6 Å². The molecule has 6 rings (SSSR count). The molecule has 0 radical (unpaired) electrons. The van der Waals surface area contributed by atoms with Crippen molar-refractivity contribution in [2.24, 2.45) is 11.8 Å². The maximum atomic E-state index is 14.5. The van der Waals surface area contributed by atoms with E-state index in [2.05, 4.69) is 38.1 Å². The molecule has 4 aromatic rings. The van der Waals surface area contributed by atoms with Gasteiger partial charge in [0.1, 0.15) is 0 Å². The van der Waals surface area contributed by atoms with E-state index in [0.29, 0.717) is 36.2 Å². The second-order valence-corrected chi connectivity index (χ2v) is 15.0. The Hall–Kier alpha value is -3.80. The molecule has 2 nitrogen and oxygen atoms in total. The smallest absolute Gasteiger partial charge is 0.201 e. The van der Waals surface area contributed by atoms with Crippen LogP contribution in [-0.2, 0) is 0 Å². The molecular weight excluding hydrogens is 673 g/mol. The van der Waals surface area contributed by atoms with E-state index in [1.54, 1.807) is 19.1 Å². The zero-order valence-electron chi connectivity index (χ0n) is 32.2. The van der Waals surface area contributed by atoms with Gasteiger partial charge >= 0.3 is 0 Å². The van der Waals surface area contributed by atoms with Gasteiger partial charge in [0.25, 0.3) is 0 Å². The first-order valence-corrected chi connectivity index (χ1v) is 20.2. The second kappa shape index (κ2) is 20.0. The quantitative estimate of drug-likeness (QED) is 0.128. The van der Waals surface area contributed by atoms with Crippen LogP contribution in [0.15, 0.2) is 72.8 Å². The first-order valence-electron chi connectivity index (χ1n) is 20.2. The fraction of sp³-hybridized carbons (Fsp3) is 0.489. The van der Waals surface area contributed by atoms with Crippen molar-refractivity contribution in [3.63, 3.8) is 0 Å². The lowest BCUT2D eigenvalue weighted by molar-refractivity contribution is 0.295. The first kappa shape index (κ1) is 40.4. The fourth-order valence-electron chi connectivity index (χ4n) is 8.35. The Balaban J connectivity index is 0.000000204. The Morgan fingerprint density at radius 2 is 0.849 bits per heavy atom. The number of hydrogen-bond acceptors (Lipinski definition) is 2. The maximum absolute atomic E-state index is 14.5. The molecule has 53 heavy (non-hydrogen) atoms. The van der Waals surface area contributed by atoms with E-state index in [9.17, 15) is 17.6 Å². The monoisotopic (exact) mass is 730 g/mol. The number of halogens is 4. The molecule has 2 fully saturated rings. The summed E-state index contributed by atoms with van der Waals surface area (Å²) in [4.78, 5) is 0. The lowest BCUT2D eigenvalue weighted by atomic mass is 9.77. The molecule has 0 bridgehead atoms. The molecule has 0 unspecified atom stereocenters. The van der Waals surface area contributed by atoms with Crippen LogP contribution in [0.3, 0.4) is 0 Å². The summed E-state index contributed by atoms with van der Waals surface area (Å²) in [7, 11) is 0. The van der Waals surface area contributed by atoms with Gasteiger partial charge in [-0.1, -0.05) is 95.0 Å². The summed E-state index contributed by atoms with van der Waals surface area (Å²) in [6.07, 6.45) is 16.1. The van der Waals surface area contributed by atoms with E-state index in [1.807, 2.05) is 31.2 Å². The third-order valence-corrected chi connectivity index (χ3v) is 11.3. The van der Waals surface area contributed by atoms with Crippen molar-refractivity contribution in [3.05, 3.63) is 107 Å². The lowest BCUT2D eigenvalue weighted by Gasteiger charge is -2.28. The lowest BCUT2D eigenvalue weighted by Crippen LogP contribution is -2.13. The van der Waals surface area contributed by atoms with Gasteiger partial charge in [-0.05, 0) is 135 Å². The highest BCUT2D eigenvalue weighted by Crippen LogP contribution is 2.40. The third-order valence-electron chi connectivity index (χ3n) is 11.3. The maximum Gasteiger partial charge on any atom is 0.201 e. The fourth-order valence-corrected chi connectivity index (χ4v) is 8.35. The van der Waals surface area contributed by atoms with Gasteiger partial charge in [0.05, 0.1) is 13.2 Å². The van der Waals surface area contributed by atoms with Crippen LogP contribution in [0.2, 0.25) is 0 Å². The van der Waals surface area contributed by atoms with Crippen molar-refractivity contribution >= 4 is 0 Å². The van der Waals surface area contributed by atoms with Crippen molar-refractivity contribution in [1.29, 1.82) is 0 Å². The molecule has 0 N–H and O–H groups in total. The van der Waals surface area contributed by atoms with Crippen LogP contribution >= 0.6 is 0 Å². The Labute approximate surface area is 315 Å². The van der Waals surface area contributed by atoms with Crippen molar-refractivity contribution in [3.8, 4) is 33.8 Å². The van der Waals surface area contributed by atoms with Crippen LogP contribution in [0.25, 0.3) is 22.3 Å². The summed E-state index contributed by atoms with van der Waals surface area (Å²) >= 11 is 0. The first-order chi connectivity index (χ1) is 25.8. The van der Waals surface area contributed by atoms with E-state index in [0.717, 1.165) is 18.3 Å². The van der Waals surface area contributed by atoms with E-state index in [1.165, 1.54) is 100 Å². The third kappa shape index (κ3) is 10.5. The van der Waals surface area contributed by atoms with Crippen LogP contribution < -0.4 is 9.47 Å². The molecule has 4 aromatic carbocycles. The van der Waals surface area contributed by atoms with Gasteiger partial charge in [-0.15, -0.1) is 0 Å². The SMILES string of the molecule is CCCC1CCC(c2ccc(-c3ccc(OCC)c(F)c3F)cc2)CC1.CCCOc1ccc(-c2ccc(C3CCC(CCC)CC3)cc2)c(F)c1F. The van der Waals surface area contributed by atoms with Gasteiger partial charge in [-0.2, -0.15) is 8.78 Å². The molecule has 2 aliphatic rings. The minimum atomic E-state index is -0.914. The van der Waals surface area contributed by atoms with Crippen molar-refractivity contribution in [2.45, 2.75) is 123 Å². The van der Waals surface area contributed by atoms with E-state index < -0.39 is 23.3 Å². The highest BCUT2D eigenvalue weighted by atomic mass is 19.2. The van der Waals surface area contributed by atoms with Crippen LogP contribution in [0.5, 0.6) is 11.5 Å². The Morgan fingerprint density at radius 3 is 1.21 bits per heavy atom. The summed E-state index contributed by atoms with van der Waals surface area (Å²) in [5.41, 5.74) is 4.61. The molecule has 0 heterocycles. The zero-order chi connectivity index (χ0) is 37.7. The molecule has 6 heteroatoms. The summed E-state index contributed by atoms with van der Waals surface area (Å²) in [6, 6.07) is 22.2. The van der Waals surface area contributed by atoms with Gasteiger partial charge in [0.2, 0.25) is 11.6 Å². The molecule has 286 valence electrons. The molecular formula is C47H58F4O2. The van der Waals surface area contributed by atoms with E-state index in [4.69, 9.17) is 9.47 Å². The average Bonchev–Trinajstić information content (AvgIpc) is 3.19. The van der Waals surface area contributed by atoms with Gasteiger partial charge in [-0.25, -0.2) is 8.78 Å². The molecule has 0 spiro atoms. The molecule has 0 saturated heterocycles. The molecule has 0 atom stereocenters. The van der Waals surface area contributed by atoms with Gasteiger partial charge in [0, 0.05) is 11.1 Å². The summed E-state index contributed by atoms with van der Waals surface area (Å²) in [5.74, 6) is -0.583. The number of rotatable bonds is 13. The normalized spacial score (nSPS) is 20.0. The molecule has 0 aromatic heterocycles. The summed E-state index contributed by atoms with van der Waals surface area (Å²) < 4.78 is 67.6. The Morgan fingerprint density at radius 1 is 0.453 bits per heavy atom. The largest absolute Gasteiger partial charge is 0.491 e. The van der Waals surface area contributed by atoms with Crippen LogP contribution in [-0.4, -0.2) is 13.2 Å². The van der Waals surface area contributed by atoms with Crippen molar-refractivity contribution in [2.75, 3.05) is 13.2 Å². The van der Waals surface area contributed by atoms with E-state index >= 15 is 0 Å². The number of benzene rings is 4. The minimum absolute atomic E-state index is 0.0152. The Bertz CT molecular complexity index is 1700. The summed E-state index contributed by atoms with van der Waals surface area (Å²) in [5, 5.41) is 0. The predicted molar refractivity (Wildman–Crippen MR) is 210 cm³/mol. The highest BCUT2D eigenvalue weighted by molar-refractivity contribution is 5.66. The second-order valence-electron chi connectivity index (χ2n) is 15.0. The van der Waals surface area contributed by atoms with Gasteiger partial charge in [-0.3, -0.25) is 0 Å². The van der Waals surface area contributed by atoms with Gasteiger partial charge < -0.3 is 9.47 Å². The van der Waals surface area contributed by atoms with Crippen molar-refractivity contribution < 1.29 is 27.0 Å². The predicted octanol–water partition coefficient (Wildman–Crippen LogP) is 14.6. The molecule has 2 saturated carbocycles. The molecule has 0 amide bonds.